The number of nitrogens with zero attached hydrogens (tertiary/aromatic N) is 1. The van der Waals surface area contributed by atoms with Crippen molar-refractivity contribution in [2.45, 2.75) is 25.8 Å². The molecular formula is C11H13N3O5. The Morgan fingerprint density at radius 3 is 3.05 bits per heavy atom. The number of carbonyl (C=O) groups is 3. The van der Waals surface area contributed by atoms with Crippen molar-refractivity contribution < 1.29 is 23.6 Å². The smallest absolute Gasteiger partial charge is 0.258 e. The quantitative estimate of drug-likeness (QED) is 0.697. The number of hydrogen-bond donors (Lipinski definition) is 2. The second-order valence-corrected chi connectivity index (χ2v) is 4.14. The van der Waals surface area contributed by atoms with E-state index in [-0.39, 0.29) is 24.8 Å². The Balaban J connectivity index is 1.78. The van der Waals surface area contributed by atoms with E-state index in [9.17, 15) is 14.4 Å². The first-order valence-electron chi connectivity index (χ1n) is 5.74. The maximum atomic E-state index is 11.6. The molecule has 1 saturated heterocycles. The molecule has 0 aliphatic carbocycles. The average Bonchev–Trinajstić information content (AvgIpc) is 2.76. The Bertz CT molecular complexity index is 510. The normalized spacial score (nSPS) is 18.9. The number of hydrogen-bond acceptors (Lipinski definition) is 6. The highest BCUT2D eigenvalue weighted by Crippen LogP contribution is 2.09. The number of amides is 3. The number of carbonyl (C=O) groups excluding carboxylic acids is 3. The highest BCUT2D eigenvalue weighted by atomic mass is 16.5. The van der Waals surface area contributed by atoms with Crippen molar-refractivity contribution in [2.24, 2.45) is 0 Å². The fourth-order valence-corrected chi connectivity index (χ4v) is 1.62. The number of aryl methyl sites for hydroxylation is 1. The van der Waals surface area contributed by atoms with Crippen LogP contribution in [0.2, 0.25) is 0 Å². The molecule has 1 aliphatic rings. The maximum absolute atomic E-state index is 11.6. The molecule has 3 amide bonds. The first-order valence-corrected chi connectivity index (χ1v) is 5.74. The predicted molar refractivity (Wildman–Crippen MR) is 61.0 cm³/mol. The third kappa shape index (κ3) is 3.54. The van der Waals surface area contributed by atoms with Gasteiger partial charge in [0.05, 0.1) is 0 Å². The van der Waals surface area contributed by atoms with Gasteiger partial charge in [-0.3, -0.25) is 19.7 Å². The number of ether oxygens (including phenoxy) is 1. The van der Waals surface area contributed by atoms with Gasteiger partial charge in [-0.25, -0.2) is 0 Å². The molecule has 2 heterocycles. The van der Waals surface area contributed by atoms with Gasteiger partial charge in [0.1, 0.15) is 11.8 Å². The number of nitrogens with one attached hydrogen (secondary N) is 2. The lowest BCUT2D eigenvalue weighted by atomic mass is 10.1. The van der Waals surface area contributed by atoms with Gasteiger partial charge in [-0.1, -0.05) is 0 Å². The summed E-state index contributed by atoms with van der Waals surface area (Å²) in [4.78, 5) is 33.9. The number of rotatable bonds is 4. The van der Waals surface area contributed by atoms with Crippen LogP contribution in [0.15, 0.2) is 10.6 Å². The average molecular weight is 267 g/mol. The van der Waals surface area contributed by atoms with Crippen LogP contribution in [0, 0.1) is 6.92 Å². The van der Waals surface area contributed by atoms with E-state index < -0.39 is 17.9 Å². The molecule has 0 aromatic carbocycles. The second kappa shape index (κ2) is 5.51. The Hall–Kier alpha value is -2.38. The zero-order valence-electron chi connectivity index (χ0n) is 10.3. The summed E-state index contributed by atoms with van der Waals surface area (Å²) < 4.78 is 9.84. The largest absolute Gasteiger partial charge is 0.465 e. The summed E-state index contributed by atoms with van der Waals surface area (Å²) in [5.74, 6) is -0.515. The first-order chi connectivity index (χ1) is 9.04. The molecule has 0 saturated carbocycles. The fourth-order valence-electron chi connectivity index (χ4n) is 1.62. The summed E-state index contributed by atoms with van der Waals surface area (Å²) in [6, 6.07) is 0.840. The molecule has 8 nitrogen and oxygen atoms in total. The van der Waals surface area contributed by atoms with Crippen LogP contribution in [0.25, 0.3) is 0 Å². The van der Waals surface area contributed by atoms with Crippen molar-refractivity contribution in [3.63, 3.8) is 0 Å². The number of aromatic nitrogens is 1. The lowest BCUT2D eigenvalue weighted by molar-refractivity contribution is -0.137. The van der Waals surface area contributed by atoms with Gasteiger partial charge in [0.2, 0.25) is 11.8 Å². The lowest BCUT2D eigenvalue weighted by Gasteiger charge is -2.21. The van der Waals surface area contributed by atoms with Crippen LogP contribution in [0.5, 0.6) is 5.88 Å². The molecule has 0 bridgehead atoms. The molecule has 102 valence electrons. The van der Waals surface area contributed by atoms with Gasteiger partial charge < -0.3 is 14.6 Å². The van der Waals surface area contributed by atoms with Gasteiger partial charge in [0, 0.05) is 12.5 Å². The van der Waals surface area contributed by atoms with Gasteiger partial charge in [-0.15, -0.1) is 0 Å². The zero-order valence-corrected chi connectivity index (χ0v) is 10.3. The highest BCUT2D eigenvalue weighted by molar-refractivity contribution is 6.01. The van der Waals surface area contributed by atoms with Gasteiger partial charge >= 0.3 is 0 Å². The Labute approximate surface area is 108 Å². The SMILES string of the molecule is Cc1cc(OCC(=O)NC2CCC(=O)NC2=O)no1. The second-order valence-electron chi connectivity index (χ2n) is 4.14. The highest BCUT2D eigenvalue weighted by Gasteiger charge is 2.27. The van der Waals surface area contributed by atoms with Crippen molar-refractivity contribution in [2.75, 3.05) is 6.61 Å². The van der Waals surface area contributed by atoms with Crippen LogP contribution < -0.4 is 15.4 Å². The third-order valence-electron chi connectivity index (χ3n) is 2.53. The van der Waals surface area contributed by atoms with E-state index in [1.807, 2.05) is 0 Å². The topological polar surface area (TPSA) is 111 Å². The van der Waals surface area contributed by atoms with Crippen LogP contribution in [0.4, 0.5) is 0 Å². The summed E-state index contributed by atoms with van der Waals surface area (Å²) >= 11 is 0. The lowest BCUT2D eigenvalue weighted by Crippen LogP contribution is -2.53. The molecule has 19 heavy (non-hydrogen) atoms. The molecule has 1 aromatic rings. The van der Waals surface area contributed by atoms with E-state index in [2.05, 4.69) is 15.8 Å². The van der Waals surface area contributed by atoms with Crippen LogP contribution in [-0.2, 0) is 14.4 Å². The third-order valence-corrected chi connectivity index (χ3v) is 2.53. The number of piperidine rings is 1. The van der Waals surface area contributed by atoms with E-state index in [4.69, 9.17) is 9.26 Å². The van der Waals surface area contributed by atoms with Crippen LogP contribution in [-0.4, -0.2) is 35.5 Å². The van der Waals surface area contributed by atoms with Gasteiger partial charge in [0.25, 0.3) is 11.8 Å². The zero-order chi connectivity index (χ0) is 13.8. The van der Waals surface area contributed by atoms with E-state index in [1.165, 1.54) is 0 Å². The molecule has 1 atom stereocenters. The van der Waals surface area contributed by atoms with Crippen molar-refractivity contribution in [3.8, 4) is 5.88 Å². The summed E-state index contributed by atoms with van der Waals surface area (Å²) in [7, 11) is 0. The molecule has 2 rings (SSSR count). The Morgan fingerprint density at radius 1 is 1.63 bits per heavy atom. The minimum absolute atomic E-state index is 0.205. The van der Waals surface area contributed by atoms with E-state index >= 15 is 0 Å². The van der Waals surface area contributed by atoms with E-state index in [1.54, 1.807) is 13.0 Å². The Kier molecular flexibility index (Phi) is 3.79. The maximum Gasteiger partial charge on any atom is 0.258 e. The fraction of sp³-hybridized carbons (Fsp3) is 0.455. The molecule has 0 spiro atoms. The number of imide groups is 1. The Morgan fingerprint density at radius 2 is 2.42 bits per heavy atom. The molecule has 1 aromatic heterocycles. The van der Waals surface area contributed by atoms with E-state index in [0.717, 1.165) is 0 Å². The summed E-state index contributed by atoms with van der Waals surface area (Å²) in [6.45, 7) is 1.42. The van der Waals surface area contributed by atoms with Crippen LogP contribution >= 0.6 is 0 Å². The van der Waals surface area contributed by atoms with Gasteiger partial charge in [-0.05, 0) is 18.5 Å². The van der Waals surface area contributed by atoms with Crippen LogP contribution in [0.3, 0.4) is 0 Å². The predicted octanol–water partition coefficient (Wildman–Crippen LogP) is -0.717. The molecule has 1 fully saturated rings. The van der Waals surface area contributed by atoms with Crippen molar-refractivity contribution >= 4 is 17.7 Å². The van der Waals surface area contributed by atoms with Gasteiger partial charge in [-0.2, -0.15) is 0 Å². The minimum atomic E-state index is -0.701. The summed E-state index contributed by atoms with van der Waals surface area (Å²) in [5.41, 5.74) is 0. The first kappa shape index (κ1) is 13.1. The standard InChI is InChI=1S/C11H13N3O5/c1-6-4-10(14-19-6)18-5-9(16)12-7-2-3-8(15)13-11(7)17/h4,7H,2-3,5H2,1H3,(H,12,16)(H,13,15,17). The molecule has 2 N–H and O–H groups in total. The van der Waals surface area contributed by atoms with Gasteiger partial charge in [0.15, 0.2) is 6.61 Å². The van der Waals surface area contributed by atoms with Crippen molar-refractivity contribution in [3.05, 3.63) is 11.8 Å². The molecule has 8 heteroatoms. The summed E-state index contributed by atoms with van der Waals surface area (Å²) in [6.07, 6.45) is 0.500. The van der Waals surface area contributed by atoms with E-state index in [0.29, 0.717) is 12.2 Å². The molecule has 0 radical (unpaired) electrons. The van der Waals surface area contributed by atoms with Crippen molar-refractivity contribution in [1.29, 1.82) is 0 Å². The van der Waals surface area contributed by atoms with Crippen molar-refractivity contribution in [1.82, 2.24) is 15.8 Å². The van der Waals surface area contributed by atoms with Crippen LogP contribution in [0.1, 0.15) is 18.6 Å². The molecular weight excluding hydrogens is 254 g/mol. The minimum Gasteiger partial charge on any atom is -0.465 e. The molecule has 1 unspecified atom stereocenters. The molecule has 1 aliphatic heterocycles. The summed E-state index contributed by atoms with van der Waals surface area (Å²) in [5, 5.41) is 8.19. The monoisotopic (exact) mass is 267 g/mol.